The van der Waals surface area contributed by atoms with E-state index >= 15 is 0 Å². The molecule has 0 spiro atoms. The SMILES string of the molecule is c1ccc(-c2ccccc2-c2ccccc2-c2ccccc2N(c2ccc(-c3ccc(-c4cccc5ccccc45)cc3)cc2)c2ccc(-c3ccc4c(c3)c3ccccc3n4-c3ccccc3)cc2)cc1. The minimum absolute atomic E-state index is 1.07. The topological polar surface area (TPSA) is 8.17 Å². The normalized spacial score (nSPS) is 11.3. The van der Waals surface area contributed by atoms with Crippen LogP contribution >= 0.6 is 0 Å². The predicted octanol–water partition coefficient (Wildman–Crippen LogP) is 19.4. The first-order valence-corrected chi connectivity index (χ1v) is 24.7. The van der Waals surface area contributed by atoms with Crippen molar-refractivity contribution in [3.8, 4) is 72.4 Å². The molecule has 0 amide bonds. The second kappa shape index (κ2) is 18.4. The molecular formula is C70H48N2. The van der Waals surface area contributed by atoms with Crippen LogP contribution in [0.25, 0.3) is 105 Å². The zero-order valence-electron chi connectivity index (χ0n) is 39.6. The van der Waals surface area contributed by atoms with Crippen LogP contribution in [-0.4, -0.2) is 4.57 Å². The molecule has 0 unspecified atom stereocenters. The number of aromatic nitrogens is 1. The summed E-state index contributed by atoms with van der Waals surface area (Å²) in [7, 11) is 0. The van der Waals surface area contributed by atoms with Gasteiger partial charge in [-0.1, -0.05) is 231 Å². The Morgan fingerprint density at radius 3 is 1.36 bits per heavy atom. The number of anilines is 3. The number of rotatable bonds is 10. The molecule has 0 bridgehead atoms. The van der Waals surface area contributed by atoms with E-state index in [1.54, 1.807) is 0 Å². The molecule has 2 nitrogen and oxygen atoms in total. The van der Waals surface area contributed by atoms with E-state index in [0.29, 0.717) is 0 Å². The molecule has 0 aliphatic carbocycles. The third-order valence-corrected chi connectivity index (χ3v) is 14.3. The van der Waals surface area contributed by atoms with E-state index in [4.69, 9.17) is 0 Å². The van der Waals surface area contributed by atoms with Crippen molar-refractivity contribution in [2.75, 3.05) is 4.90 Å². The van der Waals surface area contributed by atoms with E-state index in [1.807, 2.05) is 0 Å². The summed E-state index contributed by atoms with van der Waals surface area (Å²) >= 11 is 0. The van der Waals surface area contributed by atoms with E-state index < -0.39 is 0 Å². The van der Waals surface area contributed by atoms with Gasteiger partial charge in [-0.2, -0.15) is 0 Å². The molecule has 13 rings (SSSR count). The van der Waals surface area contributed by atoms with Gasteiger partial charge < -0.3 is 9.47 Å². The minimum Gasteiger partial charge on any atom is -0.310 e. The van der Waals surface area contributed by atoms with Crippen molar-refractivity contribution in [1.82, 2.24) is 4.57 Å². The molecule has 72 heavy (non-hydrogen) atoms. The highest BCUT2D eigenvalue weighted by Crippen LogP contribution is 2.46. The molecule has 0 fully saturated rings. The molecule has 0 aliphatic rings. The summed E-state index contributed by atoms with van der Waals surface area (Å²) in [6.07, 6.45) is 0. The first-order valence-electron chi connectivity index (χ1n) is 24.7. The molecule has 1 heterocycles. The standard InChI is InChI=1S/C70H48N2/c1-3-18-52(19-4-1)61-25-9-10-26-62(61)63-27-11-12-28-64(63)65-29-13-15-32-68(65)71(57-43-38-50(39-44-57)49-34-36-54(37-35-49)60-31-17-21-53-20-7-8-24-59(53)60)58-45-40-51(41-46-58)55-42-47-70-67(48-55)66-30-14-16-33-69(66)72(70)56-22-5-2-6-23-56/h1-48H. The van der Waals surface area contributed by atoms with Crippen molar-refractivity contribution < 1.29 is 0 Å². The summed E-state index contributed by atoms with van der Waals surface area (Å²) in [5, 5.41) is 5.00. The van der Waals surface area contributed by atoms with Crippen LogP contribution in [0.3, 0.4) is 0 Å². The summed E-state index contributed by atoms with van der Waals surface area (Å²) in [6, 6.07) is 106. The summed E-state index contributed by atoms with van der Waals surface area (Å²) in [4.78, 5) is 2.42. The number of hydrogen-bond donors (Lipinski definition) is 0. The molecule has 2 heteroatoms. The van der Waals surface area contributed by atoms with Crippen LogP contribution in [0.5, 0.6) is 0 Å². The number of para-hydroxylation sites is 3. The summed E-state index contributed by atoms with van der Waals surface area (Å²) in [6.45, 7) is 0. The van der Waals surface area contributed by atoms with Gasteiger partial charge in [0.25, 0.3) is 0 Å². The second-order valence-electron chi connectivity index (χ2n) is 18.4. The molecule has 0 N–H and O–H groups in total. The third-order valence-electron chi connectivity index (χ3n) is 14.3. The third kappa shape index (κ3) is 7.73. The Bertz CT molecular complexity index is 4050. The van der Waals surface area contributed by atoms with Gasteiger partial charge in [-0.3, -0.25) is 0 Å². The Morgan fingerprint density at radius 1 is 0.236 bits per heavy atom. The average Bonchev–Trinajstić information content (AvgIpc) is 3.80. The summed E-state index contributed by atoms with van der Waals surface area (Å²) in [5.41, 5.74) is 21.0. The van der Waals surface area contributed by atoms with Crippen LogP contribution in [0, 0.1) is 0 Å². The number of hydrogen-bond acceptors (Lipinski definition) is 1. The predicted molar refractivity (Wildman–Crippen MR) is 306 cm³/mol. The van der Waals surface area contributed by atoms with Crippen LogP contribution < -0.4 is 4.90 Å². The molecule has 0 saturated carbocycles. The Kier molecular flexibility index (Phi) is 10.9. The highest BCUT2D eigenvalue weighted by atomic mass is 15.1. The van der Waals surface area contributed by atoms with E-state index in [-0.39, 0.29) is 0 Å². The summed E-state index contributed by atoms with van der Waals surface area (Å²) in [5.74, 6) is 0. The first-order chi connectivity index (χ1) is 35.7. The molecule has 1 aromatic heterocycles. The van der Waals surface area contributed by atoms with Gasteiger partial charge in [-0.25, -0.2) is 0 Å². The Hall–Kier alpha value is -9.50. The second-order valence-corrected chi connectivity index (χ2v) is 18.4. The Labute approximate surface area is 420 Å². The monoisotopic (exact) mass is 916 g/mol. The van der Waals surface area contributed by atoms with Gasteiger partial charge in [0.15, 0.2) is 0 Å². The molecular weight excluding hydrogens is 869 g/mol. The van der Waals surface area contributed by atoms with Crippen LogP contribution in [0.15, 0.2) is 291 Å². The van der Waals surface area contributed by atoms with Gasteiger partial charge in [-0.15, -0.1) is 0 Å². The van der Waals surface area contributed by atoms with Crippen molar-refractivity contribution in [3.05, 3.63) is 291 Å². The van der Waals surface area contributed by atoms with E-state index in [1.165, 1.54) is 88.2 Å². The van der Waals surface area contributed by atoms with Gasteiger partial charge in [0, 0.05) is 33.4 Å². The molecule has 12 aromatic carbocycles. The maximum absolute atomic E-state index is 2.42. The van der Waals surface area contributed by atoms with Crippen LogP contribution in [0.4, 0.5) is 17.1 Å². The van der Waals surface area contributed by atoms with Gasteiger partial charge in [0.05, 0.1) is 16.7 Å². The fraction of sp³-hybridized carbons (Fsp3) is 0. The average molecular weight is 917 g/mol. The molecule has 13 aromatic rings. The lowest BCUT2D eigenvalue weighted by molar-refractivity contribution is 1.18. The molecule has 0 saturated heterocycles. The van der Waals surface area contributed by atoms with Crippen molar-refractivity contribution in [3.63, 3.8) is 0 Å². The summed E-state index contributed by atoms with van der Waals surface area (Å²) < 4.78 is 2.37. The maximum Gasteiger partial charge on any atom is 0.0541 e. The fourth-order valence-corrected chi connectivity index (χ4v) is 10.8. The highest BCUT2D eigenvalue weighted by Gasteiger charge is 2.21. The quantitative estimate of drug-likeness (QED) is 0.133. The lowest BCUT2D eigenvalue weighted by atomic mass is 9.88. The van der Waals surface area contributed by atoms with Crippen molar-refractivity contribution in [2.45, 2.75) is 0 Å². The van der Waals surface area contributed by atoms with E-state index in [9.17, 15) is 0 Å². The Morgan fingerprint density at radius 2 is 0.667 bits per heavy atom. The van der Waals surface area contributed by atoms with Crippen molar-refractivity contribution in [1.29, 1.82) is 0 Å². The zero-order valence-corrected chi connectivity index (χ0v) is 39.6. The van der Waals surface area contributed by atoms with Crippen LogP contribution in [-0.2, 0) is 0 Å². The maximum atomic E-state index is 2.42. The number of benzene rings is 12. The first kappa shape index (κ1) is 42.6. The largest absolute Gasteiger partial charge is 0.310 e. The lowest BCUT2D eigenvalue weighted by Gasteiger charge is -2.29. The fourth-order valence-electron chi connectivity index (χ4n) is 10.8. The smallest absolute Gasteiger partial charge is 0.0541 e. The van der Waals surface area contributed by atoms with Crippen LogP contribution in [0.2, 0.25) is 0 Å². The molecule has 0 radical (unpaired) electrons. The van der Waals surface area contributed by atoms with Gasteiger partial charge >= 0.3 is 0 Å². The van der Waals surface area contributed by atoms with E-state index in [0.717, 1.165) is 33.9 Å². The zero-order chi connectivity index (χ0) is 47.8. The van der Waals surface area contributed by atoms with Gasteiger partial charge in [0.1, 0.15) is 0 Å². The molecule has 338 valence electrons. The van der Waals surface area contributed by atoms with Crippen molar-refractivity contribution >= 4 is 49.6 Å². The molecule has 0 aliphatic heterocycles. The highest BCUT2D eigenvalue weighted by molar-refractivity contribution is 6.10. The molecule has 0 atom stereocenters. The Balaban J connectivity index is 0.914. The number of nitrogens with zero attached hydrogens (tertiary/aromatic N) is 2. The lowest BCUT2D eigenvalue weighted by Crippen LogP contribution is -2.11. The number of fused-ring (bicyclic) bond motifs is 4. The van der Waals surface area contributed by atoms with E-state index in [2.05, 4.69) is 301 Å². The van der Waals surface area contributed by atoms with Crippen LogP contribution in [0.1, 0.15) is 0 Å². The van der Waals surface area contributed by atoms with Crippen molar-refractivity contribution in [2.24, 2.45) is 0 Å². The van der Waals surface area contributed by atoms with Gasteiger partial charge in [0.2, 0.25) is 0 Å². The minimum atomic E-state index is 1.07. The van der Waals surface area contributed by atoms with Gasteiger partial charge in [-0.05, 0) is 133 Å².